The number of halogens is 1. The second-order valence-electron chi connectivity index (χ2n) is 16.9. The summed E-state index contributed by atoms with van der Waals surface area (Å²) in [5.74, 6) is -3.39. The molecule has 3 heterocycles. The second-order valence-corrected chi connectivity index (χ2v) is 16.9. The van der Waals surface area contributed by atoms with Crippen molar-refractivity contribution in [1.82, 2.24) is 9.80 Å². The van der Waals surface area contributed by atoms with Crippen LogP contribution in [0.5, 0.6) is 0 Å². The van der Waals surface area contributed by atoms with Crippen LogP contribution in [0.1, 0.15) is 101 Å². The smallest absolute Gasteiger partial charge is 0.316 e. The van der Waals surface area contributed by atoms with Crippen LogP contribution < -0.4 is 0 Å². The predicted molar refractivity (Wildman–Crippen MR) is 178 cm³/mol. The first-order valence-corrected chi connectivity index (χ1v) is 18.0. The average molecular weight is 667 g/mol. The molecule has 2 unspecified atom stereocenters. The summed E-state index contributed by atoms with van der Waals surface area (Å²) in [6.07, 6.45) is -1.82. The minimum absolute atomic E-state index is 0.00487. The Kier molecular flexibility index (Phi) is 11.5. The van der Waals surface area contributed by atoms with Gasteiger partial charge >= 0.3 is 5.97 Å². The maximum atomic E-state index is 16.1. The van der Waals surface area contributed by atoms with E-state index >= 15 is 4.39 Å². The number of nitrogens with zero attached hydrogens (tertiary/aromatic N) is 2. The van der Waals surface area contributed by atoms with Gasteiger partial charge in [-0.25, -0.2) is 4.39 Å². The first kappa shape index (κ1) is 38.3. The molecule has 3 aliphatic heterocycles. The third-order valence-corrected chi connectivity index (χ3v) is 13.3. The van der Waals surface area contributed by atoms with Crippen LogP contribution in [0.4, 0.5) is 4.39 Å². The summed E-state index contributed by atoms with van der Waals surface area (Å²) < 4.78 is 34.9. The fraction of sp³-hybridized carbons (Fsp3) is 0.919. The van der Waals surface area contributed by atoms with E-state index in [1.165, 1.54) is 0 Å². The van der Waals surface area contributed by atoms with E-state index in [0.717, 1.165) is 6.42 Å². The summed E-state index contributed by atoms with van der Waals surface area (Å²) in [5, 5.41) is 12.4. The first-order valence-electron chi connectivity index (χ1n) is 18.0. The summed E-state index contributed by atoms with van der Waals surface area (Å²) in [6, 6.07) is -0.267. The monoisotopic (exact) mass is 666 g/mol. The number of ether oxygens (including phenoxy) is 3. The number of aliphatic hydroxyl groups is 1. The Labute approximate surface area is 282 Å². The normalized spacial score (nSPS) is 49.3. The number of carbonyl (C=O) groups excluding carboxylic acids is 3. The molecule has 0 aromatic rings. The second kappa shape index (κ2) is 14.0. The lowest BCUT2D eigenvalue weighted by molar-refractivity contribution is -0.272. The zero-order valence-corrected chi connectivity index (χ0v) is 31.0. The van der Waals surface area contributed by atoms with Gasteiger partial charge in [0.05, 0.1) is 12.2 Å². The lowest BCUT2D eigenvalue weighted by Gasteiger charge is -2.51. The molecule has 47 heavy (non-hydrogen) atoms. The molecule has 1 N–H and O–H groups in total. The third-order valence-electron chi connectivity index (χ3n) is 13.3. The Morgan fingerprint density at radius 2 is 1.68 bits per heavy atom. The highest BCUT2D eigenvalue weighted by atomic mass is 19.1. The van der Waals surface area contributed by atoms with E-state index in [9.17, 15) is 19.5 Å². The molecule has 0 spiro atoms. The Bertz CT molecular complexity index is 1170. The fourth-order valence-corrected chi connectivity index (χ4v) is 9.64. The van der Waals surface area contributed by atoms with Gasteiger partial charge in [-0.3, -0.25) is 14.4 Å². The quantitative estimate of drug-likeness (QED) is 0.326. The number of hydrogen-bond acceptors (Lipinski definition) is 9. The first-order chi connectivity index (χ1) is 21.7. The Morgan fingerprint density at radius 3 is 2.28 bits per heavy atom. The Balaban J connectivity index is 1.87. The molecule has 1 saturated carbocycles. The number of hydrogen-bond donors (Lipinski definition) is 1. The Hall–Kier alpha value is -1.46. The summed E-state index contributed by atoms with van der Waals surface area (Å²) >= 11 is 0. The molecule has 4 rings (SSSR count). The minimum Gasteiger partial charge on any atom is -0.459 e. The molecule has 9 nitrogen and oxygen atoms in total. The molecule has 0 aromatic carbocycles. The zero-order valence-electron chi connectivity index (χ0n) is 31.0. The van der Waals surface area contributed by atoms with Gasteiger partial charge in [0, 0.05) is 42.3 Å². The molecule has 1 aliphatic carbocycles. The molecule has 4 fully saturated rings. The highest BCUT2D eigenvalue weighted by Gasteiger charge is 2.59. The SMILES string of the molecule is CC[C@H]1OC(=O)[C@H](C)C(=O)[C@H](C)[C@@H](O[C@@H]2O[C@H](C)C[C@H](N(C)C)[C@H]2F)[C@]2(C)CC3C[C@@H](C)N(C)C[C@H](C)[C@](C)(CC(=O)C3C2)[C@]1(C)O. The minimum atomic E-state index is -1.55. The van der Waals surface area contributed by atoms with Gasteiger partial charge in [-0.05, 0) is 98.2 Å². The van der Waals surface area contributed by atoms with Crippen LogP contribution in [0.25, 0.3) is 0 Å². The van der Waals surface area contributed by atoms with Crippen LogP contribution in [0.3, 0.4) is 0 Å². The van der Waals surface area contributed by atoms with Crippen molar-refractivity contribution in [3.8, 4) is 0 Å². The maximum Gasteiger partial charge on any atom is 0.316 e. The van der Waals surface area contributed by atoms with E-state index < -0.39 is 64.9 Å². The predicted octanol–water partition coefficient (Wildman–Crippen LogP) is 5.06. The van der Waals surface area contributed by atoms with Gasteiger partial charge in [-0.15, -0.1) is 0 Å². The molecule has 270 valence electrons. The molecule has 0 radical (unpaired) electrons. The van der Waals surface area contributed by atoms with Crippen LogP contribution >= 0.6 is 0 Å². The number of fused-ring (bicyclic) bond motifs is 3. The van der Waals surface area contributed by atoms with Crippen molar-refractivity contribution in [3.05, 3.63) is 0 Å². The van der Waals surface area contributed by atoms with Crippen molar-refractivity contribution < 1.29 is 38.1 Å². The highest BCUT2D eigenvalue weighted by Crippen LogP contribution is 2.56. The van der Waals surface area contributed by atoms with Crippen molar-refractivity contribution in [2.45, 2.75) is 149 Å². The van der Waals surface area contributed by atoms with E-state index in [0.29, 0.717) is 32.2 Å². The number of esters is 1. The summed E-state index contributed by atoms with van der Waals surface area (Å²) in [6.45, 7) is 17.6. The van der Waals surface area contributed by atoms with Crippen LogP contribution in [-0.4, -0.2) is 109 Å². The van der Waals surface area contributed by atoms with Crippen LogP contribution in [0.15, 0.2) is 0 Å². The van der Waals surface area contributed by atoms with Crippen molar-refractivity contribution in [1.29, 1.82) is 0 Å². The molecule has 4 aliphatic rings. The van der Waals surface area contributed by atoms with E-state index in [1.807, 2.05) is 39.8 Å². The fourth-order valence-electron chi connectivity index (χ4n) is 9.64. The average Bonchev–Trinajstić information content (AvgIpc) is 3.33. The summed E-state index contributed by atoms with van der Waals surface area (Å²) in [7, 11) is 5.77. The van der Waals surface area contributed by atoms with Crippen LogP contribution in [-0.2, 0) is 28.6 Å². The number of Topliss-reactive ketones (excluding diaryl/α,β-unsaturated/α-hetero) is 2. The molecule has 0 amide bonds. The van der Waals surface area contributed by atoms with Gasteiger partial charge in [0.2, 0.25) is 0 Å². The molecule has 3 bridgehead atoms. The van der Waals surface area contributed by atoms with E-state index in [-0.39, 0.29) is 47.9 Å². The topological polar surface area (TPSA) is 106 Å². The standard InChI is InChI=1S/C37H63FN2O7/c1-13-29-37(9,44)36(8)18-28(41)26-17-35(7,16-25(26)14-21(3)40(12)19-20(36)2)32(23(5)31(42)24(6)33(43)46-29)47-34-30(38)27(39(10)11)15-22(4)45-34/h20-27,29-30,32,34,44H,13-19H2,1-12H3/t20-,21+,22+,23-,24+,25?,26?,27-,29+,30+,32+,34-,35+,36-,37+/m0/s1. The van der Waals surface area contributed by atoms with Crippen LogP contribution in [0, 0.1) is 40.4 Å². The lowest BCUT2D eigenvalue weighted by Crippen LogP contribution is -2.60. The van der Waals surface area contributed by atoms with Gasteiger partial charge in [-0.2, -0.15) is 0 Å². The summed E-state index contributed by atoms with van der Waals surface area (Å²) in [4.78, 5) is 46.7. The number of cyclic esters (lactones) is 1. The van der Waals surface area contributed by atoms with Gasteiger partial charge < -0.3 is 29.1 Å². The number of ketones is 2. The molecule has 3 saturated heterocycles. The maximum absolute atomic E-state index is 16.1. The van der Waals surface area contributed by atoms with E-state index in [1.54, 1.807) is 20.8 Å². The van der Waals surface area contributed by atoms with E-state index in [2.05, 4.69) is 32.7 Å². The third kappa shape index (κ3) is 7.10. The van der Waals surface area contributed by atoms with E-state index in [4.69, 9.17) is 14.2 Å². The van der Waals surface area contributed by atoms with Crippen molar-refractivity contribution >= 4 is 17.5 Å². The highest BCUT2D eigenvalue weighted by molar-refractivity contribution is 6.00. The number of carbonyl (C=O) groups is 3. The van der Waals surface area contributed by atoms with Gasteiger partial charge in [0.1, 0.15) is 23.4 Å². The van der Waals surface area contributed by atoms with Crippen molar-refractivity contribution in [2.24, 2.45) is 40.4 Å². The van der Waals surface area contributed by atoms with Crippen molar-refractivity contribution in [3.63, 3.8) is 0 Å². The zero-order chi connectivity index (χ0) is 35.4. The number of alkyl halides is 1. The Morgan fingerprint density at radius 1 is 1.04 bits per heavy atom. The molecular weight excluding hydrogens is 603 g/mol. The van der Waals surface area contributed by atoms with Gasteiger partial charge in [-0.1, -0.05) is 34.6 Å². The lowest BCUT2D eigenvalue weighted by atomic mass is 9.59. The van der Waals surface area contributed by atoms with Gasteiger partial charge in [0.25, 0.3) is 0 Å². The largest absolute Gasteiger partial charge is 0.459 e. The molecular formula is C37H63FN2O7. The van der Waals surface area contributed by atoms with Gasteiger partial charge in [0.15, 0.2) is 18.2 Å². The molecule has 15 atom stereocenters. The summed E-state index contributed by atoms with van der Waals surface area (Å²) in [5.41, 5.74) is -3.17. The van der Waals surface area contributed by atoms with Crippen molar-refractivity contribution in [2.75, 3.05) is 27.7 Å². The number of rotatable bonds is 4. The van der Waals surface area contributed by atoms with Crippen LogP contribution in [0.2, 0.25) is 0 Å². The molecule has 0 aromatic heterocycles. The molecule has 10 heteroatoms.